The van der Waals surface area contributed by atoms with Crippen molar-refractivity contribution in [2.24, 2.45) is 0 Å². The zero-order chi connectivity index (χ0) is 3.41. The maximum Gasteiger partial charge on any atom is 0.0871 e. The molecule has 0 rings (SSSR count). The lowest BCUT2D eigenvalue weighted by Crippen LogP contribution is -1.96. The summed E-state index contributed by atoms with van der Waals surface area (Å²) in [7, 11) is 4.91. The SMILES string of the molecule is [B]CNI. The maximum atomic E-state index is 4.91. The Kier molecular flexibility index (Phi) is 4.46. The van der Waals surface area contributed by atoms with E-state index in [4.69, 9.17) is 7.85 Å². The third-order valence-electron chi connectivity index (χ3n) is 0.0772. The third kappa shape index (κ3) is 2.75. The van der Waals surface area contributed by atoms with Gasteiger partial charge in [-0.05, 0) is 6.44 Å². The van der Waals surface area contributed by atoms with Gasteiger partial charge in [0.15, 0.2) is 0 Å². The Labute approximate surface area is 41.1 Å². The molecule has 0 aliphatic heterocycles. The van der Waals surface area contributed by atoms with Gasteiger partial charge in [0.25, 0.3) is 0 Å². The Morgan fingerprint density at radius 3 is 2.25 bits per heavy atom. The van der Waals surface area contributed by atoms with Gasteiger partial charge in [0.1, 0.15) is 0 Å². The van der Waals surface area contributed by atoms with E-state index < -0.39 is 0 Å². The van der Waals surface area contributed by atoms with E-state index in [1.807, 2.05) is 22.9 Å². The Morgan fingerprint density at radius 1 is 2.00 bits per heavy atom. The molecule has 0 fully saturated rings. The van der Waals surface area contributed by atoms with Crippen LogP contribution in [0.4, 0.5) is 0 Å². The average Bonchev–Trinajstić information content (AvgIpc) is 1.37. The first-order valence-corrected chi connectivity index (χ1v) is 2.03. The normalized spacial score (nSPS) is 7.25. The van der Waals surface area contributed by atoms with Gasteiger partial charge in [-0.15, -0.1) is 0 Å². The third-order valence-corrected chi connectivity index (χ3v) is 0.518. The molecule has 0 aliphatic rings. The van der Waals surface area contributed by atoms with Crippen LogP contribution in [0.3, 0.4) is 0 Å². The summed E-state index contributed by atoms with van der Waals surface area (Å²) in [4.78, 5) is 0. The first-order chi connectivity index (χ1) is 1.91. The zero-order valence-electron chi connectivity index (χ0n) is 2.16. The van der Waals surface area contributed by atoms with Crippen molar-refractivity contribution in [2.75, 3.05) is 6.44 Å². The second kappa shape index (κ2) is 3.75. The van der Waals surface area contributed by atoms with E-state index in [1.165, 1.54) is 0 Å². The van der Waals surface area contributed by atoms with Gasteiger partial charge < -0.3 is 0 Å². The molecule has 0 heterocycles. The van der Waals surface area contributed by atoms with Gasteiger partial charge in [0.2, 0.25) is 0 Å². The van der Waals surface area contributed by atoms with Crippen molar-refractivity contribution in [3.8, 4) is 0 Å². The monoisotopic (exact) mass is 167 g/mol. The standard InChI is InChI=1S/CH3BIN/c2-1-4-3/h4H,1H2. The van der Waals surface area contributed by atoms with Crippen LogP contribution >= 0.6 is 22.9 Å². The Hall–Kier alpha value is 0.755. The summed E-state index contributed by atoms with van der Waals surface area (Å²) in [5.74, 6) is 0. The zero-order valence-corrected chi connectivity index (χ0v) is 4.32. The van der Waals surface area contributed by atoms with Gasteiger partial charge in [0.05, 0.1) is 7.85 Å². The Bertz CT molecular complexity index is 10.0. The summed E-state index contributed by atoms with van der Waals surface area (Å²) in [5, 5.41) is 0. The minimum atomic E-state index is 0.556. The van der Waals surface area contributed by atoms with Gasteiger partial charge >= 0.3 is 0 Å². The molecule has 1 N–H and O–H groups in total. The highest BCUT2D eigenvalue weighted by atomic mass is 127. The molecule has 0 saturated heterocycles. The first kappa shape index (κ1) is 4.75. The van der Waals surface area contributed by atoms with Crippen molar-refractivity contribution in [3.63, 3.8) is 0 Å². The summed E-state index contributed by atoms with van der Waals surface area (Å²) in [6.45, 7) is 0. The summed E-state index contributed by atoms with van der Waals surface area (Å²) >= 11 is 1.98. The molecular weight excluding hydrogens is 164 g/mol. The summed E-state index contributed by atoms with van der Waals surface area (Å²) in [5.41, 5.74) is 0. The van der Waals surface area contributed by atoms with Crippen LogP contribution in [-0.4, -0.2) is 14.3 Å². The van der Waals surface area contributed by atoms with Crippen LogP contribution in [0.5, 0.6) is 0 Å². The topological polar surface area (TPSA) is 12.0 Å². The molecule has 0 aromatic heterocycles. The molecule has 0 bridgehead atoms. The average molecular weight is 167 g/mol. The minimum Gasteiger partial charge on any atom is -0.270 e. The highest BCUT2D eigenvalue weighted by Gasteiger charge is 1.53. The van der Waals surface area contributed by atoms with E-state index in [2.05, 4.69) is 3.53 Å². The molecule has 1 nitrogen and oxygen atoms in total. The molecule has 3 heteroatoms. The van der Waals surface area contributed by atoms with E-state index in [0.717, 1.165) is 0 Å². The Balaban J connectivity index is 1.97. The summed E-state index contributed by atoms with van der Waals surface area (Å²) < 4.78 is 2.68. The molecule has 22 valence electrons. The van der Waals surface area contributed by atoms with Crippen LogP contribution in [0.1, 0.15) is 0 Å². The van der Waals surface area contributed by atoms with Crippen molar-refractivity contribution in [1.29, 1.82) is 0 Å². The van der Waals surface area contributed by atoms with Gasteiger partial charge in [-0.3, -0.25) is 3.53 Å². The second-order valence-electron chi connectivity index (χ2n) is 0.338. The van der Waals surface area contributed by atoms with Gasteiger partial charge in [-0.1, -0.05) is 0 Å². The molecule has 0 atom stereocenters. The van der Waals surface area contributed by atoms with Crippen molar-refractivity contribution in [3.05, 3.63) is 0 Å². The summed E-state index contributed by atoms with van der Waals surface area (Å²) in [6.07, 6.45) is 0.556. The van der Waals surface area contributed by atoms with Crippen molar-refractivity contribution in [2.45, 2.75) is 0 Å². The lowest BCUT2D eigenvalue weighted by atomic mass is 10.2. The smallest absolute Gasteiger partial charge is 0.0871 e. The molecule has 0 aromatic rings. The van der Waals surface area contributed by atoms with E-state index in [9.17, 15) is 0 Å². The second-order valence-corrected chi connectivity index (χ2v) is 1.10. The first-order valence-electron chi connectivity index (χ1n) is 0.951. The number of rotatable bonds is 1. The van der Waals surface area contributed by atoms with Crippen LogP contribution in [0.25, 0.3) is 0 Å². The highest BCUT2D eigenvalue weighted by Crippen LogP contribution is 1.56. The molecule has 4 heavy (non-hydrogen) atoms. The molecular formula is CH3BIN. The van der Waals surface area contributed by atoms with Gasteiger partial charge in [-0.2, -0.15) is 0 Å². The fourth-order valence-corrected chi connectivity index (χ4v) is 0. The predicted octanol–water partition coefficient (Wildman–Crippen LogP) is 0.0520. The quantitative estimate of drug-likeness (QED) is 0.330. The van der Waals surface area contributed by atoms with E-state index >= 15 is 0 Å². The summed E-state index contributed by atoms with van der Waals surface area (Å²) in [6, 6.07) is 0. The molecule has 0 saturated carbocycles. The molecule has 0 aliphatic carbocycles. The van der Waals surface area contributed by atoms with Crippen molar-refractivity contribution < 1.29 is 0 Å². The highest BCUT2D eigenvalue weighted by molar-refractivity contribution is 14.1. The number of hydrogen-bond donors (Lipinski definition) is 1. The van der Waals surface area contributed by atoms with Crippen molar-refractivity contribution in [1.82, 2.24) is 3.53 Å². The molecule has 2 radical (unpaired) electrons. The van der Waals surface area contributed by atoms with E-state index in [0.29, 0.717) is 6.44 Å². The van der Waals surface area contributed by atoms with E-state index in [1.54, 1.807) is 0 Å². The Morgan fingerprint density at radius 2 is 2.25 bits per heavy atom. The lowest BCUT2D eigenvalue weighted by Gasteiger charge is -1.72. The van der Waals surface area contributed by atoms with E-state index in [-0.39, 0.29) is 0 Å². The minimum absolute atomic E-state index is 0.556. The molecule has 0 unspecified atom stereocenters. The fourth-order valence-electron chi connectivity index (χ4n) is 0. The van der Waals surface area contributed by atoms with Crippen LogP contribution in [-0.2, 0) is 0 Å². The van der Waals surface area contributed by atoms with Gasteiger partial charge in [0, 0.05) is 22.9 Å². The molecule has 0 aromatic carbocycles. The largest absolute Gasteiger partial charge is 0.270 e. The number of halogens is 1. The maximum absolute atomic E-state index is 4.91. The molecule has 0 spiro atoms. The van der Waals surface area contributed by atoms with Gasteiger partial charge in [-0.25, -0.2) is 0 Å². The van der Waals surface area contributed by atoms with Crippen LogP contribution in [0.15, 0.2) is 0 Å². The van der Waals surface area contributed by atoms with Crippen LogP contribution < -0.4 is 3.53 Å². The van der Waals surface area contributed by atoms with Crippen molar-refractivity contribution >= 4 is 30.7 Å². The fraction of sp³-hybridized carbons (Fsp3) is 1.00. The number of hydrogen-bond acceptors (Lipinski definition) is 1. The lowest BCUT2D eigenvalue weighted by molar-refractivity contribution is 1.29. The molecule has 0 amide bonds. The number of nitrogens with one attached hydrogen (secondary N) is 1. The van der Waals surface area contributed by atoms with Crippen LogP contribution in [0.2, 0.25) is 0 Å². The predicted molar refractivity (Wildman–Crippen MR) is 27.8 cm³/mol. The van der Waals surface area contributed by atoms with Crippen LogP contribution in [0, 0.1) is 0 Å².